The average molecular weight is 385 g/mol. The van der Waals surface area contributed by atoms with Gasteiger partial charge in [-0.1, -0.05) is 0 Å². The lowest BCUT2D eigenvalue weighted by atomic mass is 9.95. The van der Waals surface area contributed by atoms with E-state index in [2.05, 4.69) is 0 Å². The summed E-state index contributed by atoms with van der Waals surface area (Å²) in [4.78, 5) is 13.3. The molecule has 104 valence electrons. The van der Waals surface area contributed by atoms with Gasteiger partial charge >= 0.3 is 6.18 Å². The molecule has 1 amide bonds. The van der Waals surface area contributed by atoms with Crippen molar-refractivity contribution < 1.29 is 23.1 Å². The molecule has 1 aromatic rings. The van der Waals surface area contributed by atoms with Gasteiger partial charge in [0, 0.05) is 9.13 Å². The largest absolute Gasteiger partial charge is 0.416 e. The van der Waals surface area contributed by atoms with E-state index < -0.39 is 23.2 Å². The molecule has 0 bridgehead atoms. The number of carbonyl (C=O) groups is 1. The Labute approximate surface area is 121 Å². The van der Waals surface area contributed by atoms with E-state index >= 15 is 0 Å². The maximum absolute atomic E-state index is 12.7. The lowest BCUT2D eigenvalue weighted by Gasteiger charge is -2.44. The number of benzene rings is 1. The van der Waals surface area contributed by atoms with Crippen LogP contribution in [-0.4, -0.2) is 34.6 Å². The van der Waals surface area contributed by atoms with Gasteiger partial charge in [0.2, 0.25) is 0 Å². The van der Waals surface area contributed by atoms with Crippen molar-refractivity contribution in [3.63, 3.8) is 0 Å². The molecule has 0 radical (unpaired) electrons. The topological polar surface area (TPSA) is 40.5 Å². The first-order chi connectivity index (χ1) is 8.58. The summed E-state index contributed by atoms with van der Waals surface area (Å²) in [5.74, 6) is -0.490. The molecule has 0 aromatic heterocycles. The molecule has 1 aliphatic heterocycles. The summed E-state index contributed by atoms with van der Waals surface area (Å²) in [6.07, 6.45) is -4.48. The zero-order valence-corrected chi connectivity index (χ0v) is 12.1. The third kappa shape index (κ3) is 3.19. The molecule has 2 rings (SSSR count). The Bertz CT molecular complexity index is 520. The molecule has 0 aliphatic carbocycles. The smallest absolute Gasteiger partial charge is 0.386 e. The summed E-state index contributed by atoms with van der Waals surface area (Å²) in [7, 11) is 0. The minimum absolute atomic E-state index is 0.00488. The fourth-order valence-corrected chi connectivity index (χ4v) is 2.65. The van der Waals surface area contributed by atoms with E-state index in [0.717, 1.165) is 12.1 Å². The third-order valence-electron chi connectivity index (χ3n) is 2.82. The molecule has 7 heteroatoms. The van der Waals surface area contributed by atoms with E-state index in [9.17, 15) is 23.1 Å². The molecule has 0 atom stereocenters. The molecule has 1 saturated heterocycles. The highest BCUT2D eigenvalue weighted by Gasteiger charge is 2.40. The van der Waals surface area contributed by atoms with Gasteiger partial charge in [-0.3, -0.25) is 4.79 Å². The van der Waals surface area contributed by atoms with Crippen molar-refractivity contribution in [1.82, 2.24) is 4.90 Å². The van der Waals surface area contributed by atoms with E-state index in [1.165, 1.54) is 11.0 Å². The Hall–Kier alpha value is -0.830. The molecule has 0 saturated carbocycles. The van der Waals surface area contributed by atoms with Crippen LogP contribution in [-0.2, 0) is 6.18 Å². The van der Waals surface area contributed by atoms with Crippen LogP contribution in [0.5, 0.6) is 0 Å². The average Bonchev–Trinajstić information content (AvgIpc) is 2.22. The van der Waals surface area contributed by atoms with Gasteiger partial charge < -0.3 is 10.0 Å². The van der Waals surface area contributed by atoms with Gasteiger partial charge in [0.1, 0.15) is 0 Å². The minimum atomic E-state index is -4.48. The lowest BCUT2D eigenvalue weighted by Crippen LogP contribution is -2.61. The molecule has 1 aliphatic rings. The highest BCUT2D eigenvalue weighted by molar-refractivity contribution is 14.1. The predicted octanol–water partition coefficient (Wildman–Crippen LogP) is 2.52. The Balaban J connectivity index is 2.26. The van der Waals surface area contributed by atoms with Gasteiger partial charge in [-0.15, -0.1) is 0 Å². The van der Waals surface area contributed by atoms with Crippen LogP contribution < -0.4 is 0 Å². The van der Waals surface area contributed by atoms with Crippen molar-refractivity contribution in [2.75, 3.05) is 13.1 Å². The Morgan fingerprint density at radius 2 is 1.95 bits per heavy atom. The lowest BCUT2D eigenvalue weighted by molar-refractivity contribution is -0.137. The van der Waals surface area contributed by atoms with Crippen molar-refractivity contribution >= 4 is 28.5 Å². The van der Waals surface area contributed by atoms with Crippen LogP contribution in [0.25, 0.3) is 0 Å². The molecule has 1 aromatic carbocycles. The van der Waals surface area contributed by atoms with Crippen molar-refractivity contribution in [3.8, 4) is 0 Å². The Morgan fingerprint density at radius 1 is 1.37 bits per heavy atom. The number of halogens is 4. The predicted molar refractivity (Wildman–Crippen MR) is 70.7 cm³/mol. The highest BCUT2D eigenvalue weighted by atomic mass is 127. The number of nitrogens with zero attached hydrogens (tertiary/aromatic N) is 1. The molecule has 3 nitrogen and oxygen atoms in total. The van der Waals surface area contributed by atoms with E-state index in [1.807, 2.05) is 0 Å². The molecular formula is C12H11F3INO2. The quantitative estimate of drug-likeness (QED) is 0.755. The summed E-state index contributed by atoms with van der Waals surface area (Å²) >= 11 is 1.74. The van der Waals surface area contributed by atoms with Gasteiger partial charge in [-0.05, 0) is 47.7 Å². The minimum Gasteiger partial charge on any atom is -0.386 e. The van der Waals surface area contributed by atoms with E-state index in [0.29, 0.717) is 3.57 Å². The van der Waals surface area contributed by atoms with Crippen molar-refractivity contribution in [1.29, 1.82) is 0 Å². The second-order valence-corrected chi connectivity index (χ2v) is 6.13. The number of hydrogen-bond donors (Lipinski definition) is 1. The van der Waals surface area contributed by atoms with Crippen LogP contribution in [0, 0.1) is 3.57 Å². The monoisotopic (exact) mass is 385 g/mol. The number of amides is 1. The normalized spacial score (nSPS) is 18.1. The fourth-order valence-electron chi connectivity index (χ4n) is 1.98. The molecule has 1 heterocycles. The van der Waals surface area contributed by atoms with Crippen molar-refractivity contribution in [3.05, 3.63) is 32.9 Å². The van der Waals surface area contributed by atoms with Crippen LogP contribution >= 0.6 is 22.6 Å². The summed E-state index contributed by atoms with van der Waals surface area (Å²) in [6.45, 7) is 1.85. The molecule has 1 N–H and O–H groups in total. The molecule has 0 spiro atoms. The van der Waals surface area contributed by atoms with E-state index in [1.54, 1.807) is 29.5 Å². The van der Waals surface area contributed by atoms with Crippen LogP contribution in [0.3, 0.4) is 0 Å². The number of likely N-dealkylation sites (tertiary alicyclic amines) is 1. The Morgan fingerprint density at radius 3 is 2.42 bits per heavy atom. The van der Waals surface area contributed by atoms with Gasteiger partial charge in [0.25, 0.3) is 5.91 Å². The van der Waals surface area contributed by atoms with E-state index in [4.69, 9.17) is 0 Å². The maximum atomic E-state index is 12.7. The second kappa shape index (κ2) is 4.62. The molecular weight excluding hydrogens is 374 g/mol. The van der Waals surface area contributed by atoms with Gasteiger partial charge in [-0.2, -0.15) is 13.2 Å². The first kappa shape index (κ1) is 14.6. The van der Waals surface area contributed by atoms with E-state index in [-0.39, 0.29) is 18.7 Å². The van der Waals surface area contributed by atoms with Gasteiger partial charge in [-0.25, -0.2) is 0 Å². The van der Waals surface area contributed by atoms with Crippen LogP contribution in [0.4, 0.5) is 13.2 Å². The molecule has 19 heavy (non-hydrogen) atoms. The first-order valence-electron chi connectivity index (χ1n) is 5.48. The highest BCUT2D eigenvalue weighted by Crippen LogP contribution is 2.32. The summed E-state index contributed by atoms with van der Waals surface area (Å²) in [6, 6.07) is 3.24. The molecule has 0 unspecified atom stereocenters. The number of carbonyl (C=O) groups excluding carboxylic acids is 1. The summed E-state index contributed by atoms with van der Waals surface area (Å²) in [5.41, 5.74) is -1.78. The van der Waals surface area contributed by atoms with Gasteiger partial charge in [0.05, 0.1) is 24.3 Å². The van der Waals surface area contributed by atoms with Gasteiger partial charge in [0.15, 0.2) is 0 Å². The number of rotatable bonds is 1. The summed E-state index contributed by atoms with van der Waals surface area (Å²) < 4.78 is 38.3. The number of hydrogen-bond acceptors (Lipinski definition) is 2. The standard InChI is InChI=1S/C12H11F3INO2/c1-11(19)5-17(6-11)10(18)7-2-8(12(13,14)15)4-9(16)3-7/h2-4,19H,5-6H2,1H3. The number of alkyl halides is 3. The summed E-state index contributed by atoms with van der Waals surface area (Å²) in [5, 5.41) is 9.54. The van der Waals surface area contributed by atoms with Crippen LogP contribution in [0.15, 0.2) is 18.2 Å². The van der Waals surface area contributed by atoms with Crippen LogP contribution in [0.1, 0.15) is 22.8 Å². The maximum Gasteiger partial charge on any atom is 0.416 e. The number of β-amino-alcohol motifs (C(OH)–C–C–N with tert-alkyl or cyclic N) is 1. The first-order valence-corrected chi connectivity index (χ1v) is 6.56. The number of aliphatic hydroxyl groups is 1. The SMILES string of the molecule is CC1(O)CN(C(=O)c2cc(I)cc(C(F)(F)F)c2)C1. The van der Waals surface area contributed by atoms with Crippen LogP contribution in [0.2, 0.25) is 0 Å². The second-order valence-electron chi connectivity index (χ2n) is 4.88. The zero-order valence-electron chi connectivity index (χ0n) is 9.96. The fraction of sp³-hybridized carbons (Fsp3) is 0.417. The zero-order chi connectivity index (χ0) is 14.4. The molecule has 1 fully saturated rings. The van der Waals surface area contributed by atoms with Crippen molar-refractivity contribution in [2.24, 2.45) is 0 Å². The van der Waals surface area contributed by atoms with Crippen molar-refractivity contribution in [2.45, 2.75) is 18.7 Å². The third-order valence-corrected chi connectivity index (χ3v) is 3.45. The Kier molecular flexibility index (Phi) is 3.54.